The SMILES string of the molecule is NC(Cc1ccnc2ccccc12)c1ccc(F)cc1I. The number of rotatable bonds is 3. The molecule has 1 heterocycles. The van der Waals surface area contributed by atoms with Gasteiger partial charge in [-0.1, -0.05) is 24.3 Å². The van der Waals surface area contributed by atoms with Crippen LogP contribution >= 0.6 is 22.6 Å². The van der Waals surface area contributed by atoms with E-state index in [0.29, 0.717) is 6.42 Å². The topological polar surface area (TPSA) is 38.9 Å². The van der Waals surface area contributed by atoms with Crippen LogP contribution < -0.4 is 5.73 Å². The first-order valence-corrected chi connectivity index (χ1v) is 7.76. The number of para-hydroxylation sites is 1. The van der Waals surface area contributed by atoms with Crippen molar-refractivity contribution in [3.63, 3.8) is 0 Å². The van der Waals surface area contributed by atoms with E-state index in [1.54, 1.807) is 12.3 Å². The Hall–Kier alpha value is -1.53. The summed E-state index contributed by atoms with van der Waals surface area (Å²) in [6.45, 7) is 0. The molecular weight excluding hydrogens is 378 g/mol. The first kappa shape index (κ1) is 14.4. The molecule has 0 aliphatic rings. The Labute approximate surface area is 136 Å². The van der Waals surface area contributed by atoms with Crippen molar-refractivity contribution in [3.8, 4) is 0 Å². The fourth-order valence-corrected chi connectivity index (χ4v) is 3.36. The lowest BCUT2D eigenvalue weighted by Crippen LogP contribution is -2.15. The number of hydrogen-bond acceptors (Lipinski definition) is 2. The fourth-order valence-electron chi connectivity index (χ4n) is 2.48. The summed E-state index contributed by atoms with van der Waals surface area (Å²) in [6, 6.07) is 14.6. The molecule has 0 aliphatic carbocycles. The lowest BCUT2D eigenvalue weighted by atomic mass is 9.97. The molecule has 0 spiro atoms. The largest absolute Gasteiger partial charge is 0.324 e. The molecule has 1 atom stereocenters. The number of halogens is 2. The van der Waals surface area contributed by atoms with Crippen molar-refractivity contribution in [2.45, 2.75) is 12.5 Å². The van der Waals surface area contributed by atoms with E-state index in [2.05, 4.69) is 33.6 Å². The molecule has 0 saturated carbocycles. The highest BCUT2D eigenvalue weighted by molar-refractivity contribution is 14.1. The molecule has 0 saturated heterocycles. The maximum absolute atomic E-state index is 13.2. The van der Waals surface area contributed by atoms with Crippen LogP contribution in [0.15, 0.2) is 54.7 Å². The molecule has 0 radical (unpaired) electrons. The molecule has 106 valence electrons. The standard InChI is InChI=1S/C17H14FIN2/c18-12-5-6-14(15(19)10-12)16(20)9-11-7-8-21-17-4-2-1-3-13(11)17/h1-8,10,16H,9,20H2. The molecule has 0 amide bonds. The predicted octanol–water partition coefficient (Wildman–Crippen LogP) is 4.22. The van der Waals surface area contributed by atoms with Gasteiger partial charge in [-0.2, -0.15) is 0 Å². The van der Waals surface area contributed by atoms with Gasteiger partial charge < -0.3 is 5.73 Å². The van der Waals surface area contributed by atoms with Crippen molar-refractivity contribution in [1.29, 1.82) is 0 Å². The van der Waals surface area contributed by atoms with E-state index in [1.807, 2.05) is 24.3 Å². The van der Waals surface area contributed by atoms with Crippen molar-refractivity contribution in [2.75, 3.05) is 0 Å². The Morgan fingerprint density at radius 1 is 1.14 bits per heavy atom. The molecule has 3 aromatic rings. The average Bonchev–Trinajstić information content (AvgIpc) is 2.47. The summed E-state index contributed by atoms with van der Waals surface area (Å²) < 4.78 is 14.1. The second-order valence-electron chi connectivity index (χ2n) is 4.96. The van der Waals surface area contributed by atoms with E-state index in [9.17, 15) is 4.39 Å². The van der Waals surface area contributed by atoms with Gasteiger partial charge in [0.25, 0.3) is 0 Å². The zero-order chi connectivity index (χ0) is 14.8. The summed E-state index contributed by atoms with van der Waals surface area (Å²) in [5.41, 5.74) is 9.42. The minimum atomic E-state index is -0.232. The molecule has 0 bridgehead atoms. The van der Waals surface area contributed by atoms with Crippen LogP contribution in [0.1, 0.15) is 17.2 Å². The van der Waals surface area contributed by atoms with Crippen LogP contribution in [0.4, 0.5) is 4.39 Å². The van der Waals surface area contributed by atoms with Crippen molar-refractivity contribution in [2.24, 2.45) is 5.73 Å². The number of nitrogens with zero attached hydrogens (tertiary/aromatic N) is 1. The molecular formula is C17H14FIN2. The number of nitrogens with two attached hydrogens (primary N) is 1. The van der Waals surface area contributed by atoms with Crippen molar-refractivity contribution in [3.05, 3.63) is 75.2 Å². The van der Waals surface area contributed by atoms with E-state index < -0.39 is 0 Å². The average molecular weight is 392 g/mol. The summed E-state index contributed by atoms with van der Waals surface area (Å²) in [5.74, 6) is -0.232. The quantitative estimate of drug-likeness (QED) is 0.678. The molecule has 1 aromatic heterocycles. The van der Waals surface area contributed by atoms with Gasteiger partial charge in [0.1, 0.15) is 5.82 Å². The van der Waals surface area contributed by atoms with Gasteiger partial charge in [-0.15, -0.1) is 0 Å². The van der Waals surface area contributed by atoms with Gasteiger partial charge in [-0.25, -0.2) is 4.39 Å². The molecule has 2 N–H and O–H groups in total. The van der Waals surface area contributed by atoms with Gasteiger partial charge in [0.15, 0.2) is 0 Å². The van der Waals surface area contributed by atoms with Crippen molar-refractivity contribution in [1.82, 2.24) is 4.98 Å². The first-order chi connectivity index (χ1) is 10.1. The van der Waals surface area contributed by atoms with Crippen LogP contribution in [-0.4, -0.2) is 4.98 Å². The Bertz CT molecular complexity index is 783. The van der Waals surface area contributed by atoms with Crippen LogP contribution in [0, 0.1) is 9.39 Å². The number of pyridine rings is 1. The summed E-state index contributed by atoms with van der Waals surface area (Å²) in [5, 5.41) is 1.12. The lowest BCUT2D eigenvalue weighted by molar-refractivity contribution is 0.623. The van der Waals surface area contributed by atoms with Crippen LogP contribution in [0.25, 0.3) is 10.9 Å². The normalized spacial score (nSPS) is 12.5. The molecule has 2 nitrogen and oxygen atoms in total. The maximum atomic E-state index is 13.2. The predicted molar refractivity (Wildman–Crippen MR) is 91.5 cm³/mol. The number of fused-ring (bicyclic) bond motifs is 1. The van der Waals surface area contributed by atoms with Crippen LogP contribution in [-0.2, 0) is 6.42 Å². The number of aromatic nitrogens is 1. The van der Waals surface area contributed by atoms with Crippen molar-refractivity contribution >= 4 is 33.5 Å². The van der Waals surface area contributed by atoms with Crippen LogP contribution in [0.2, 0.25) is 0 Å². The molecule has 0 aliphatic heterocycles. The summed E-state index contributed by atoms with van der Waals surface area (Å²) in [7, 11) is 0. The van der Waals surface area contributed by atoms with E-state index in [1.165, 1.54) is 12.1 Å². The molecule has 2 aromatic carbocycles. The second-order valence-corrected chi connectivity index (χ2v) is 6.13. The molecule has 1 unspecified atom stereocenters. The highest BCUT2D eigenvalue weighted by atomic mass is 127. The maximum Gasteiger partial charge on any atom is 0.124 e. The fraction of sp³-hybridized carbons (Fsp3) is 0.118. The minimum absolute atomic E-state index is 0.164. The minimum Gasteiger partial charge on any atom is -0.324 e. The lowest BCUT2D eigenvalue weighted by Gasteiger charge is -2.15. The molecule has 3 rings (SSSR count). The zero-order valence-electron chi connectivity index (χ0n) is 11.3. The second kappa shape index (κ2) is 6.07. The van der Waals surface area contributed by atoms with Crippen LogP contribution in [0.3, 0.4) is 0 Å². The van der Waals surface area contributed by atoms with E-state index >= 15 is 0 Å². The van der Waals surface area contributed by atoms with Gasteiger partial charge in [0.05, 0.1) is 5.52 Å². The smallest absolute Gasteiger partial charge is 0.124 e. The Morgan fingerprint density at radius 2 is 1.95 bits per heavy atom. The van der Waals surface area contributed by atoms with E-state index in [0.717, 1.165) is 25.6 Å². The zero-order valence-corrected chi connectivity index (χ0v) is 13.4. The summed E-state index contributed by atoms with van der Waals surface area (Å²) in [4.78, 5) is 4.36. The monoisotopic (exact) mass is 392 g/mol. The highest BCUT2D eigenvalue weighted by Crippen LogP contribution is 2.25. The highest BCUT2D eigenvalue weighted by Gasteiger charge is 2.13. The van der Waals surface area contributed by atoms with Crippen LogP contribution in [0.5, 0.6) is 0 Å². The molecule has 4 heteroatoms. The van der Waals surface area contributed by atoms with E-state index in [4.69, 9.17) is 5.73 Å². The number of benzene rings is 2. The number of hydrogen-bond donors (Lipinski definition) is 1. The first-order valence-electron chi connectivity index (χ1n) is 6.68. The summed E-state index contributed by atoms with van der Waals surface area (Å²) in [6.07, 6.45) is 2.50. The molecule has 21 heavy (non-hydrogen) atoms. The third-order valence-electron chi connectivity index (χ3n) is 3.54. The van der Waals surface area contributed by atoms with Gasteiger partial charge in [-0.05, 0) is 64.4 Å². The van der Waals surface area contributed by atoms with Gasteiger partial charge >= 0.3 is 0 Å². The Balaban J connectivity index is 1.94. The van der Waals surface area contributed by atoms with Crippen molar-refractivity contribution < 1.29 is 4.39 Å². The Morgan fingerprint density at radius 3 is 2.76 bits per heavy atom. The Kier molecular flexibility index (Phi) is 4.17. The van der Waals surface area contributed by atoms with Gasteiger partial charge in [0.2, 0.25) is 0 Å². The third-order valence-corrected chi connectivity index (χ3v) is 4.48. The van der Waals surface area contributed by atoms with Gasteiger partial charge in [-0.3, -0.25) is 4.98 Å². The molecule has 0 fully saturated rings. The summed E-state index contributed by atoms with van der Waals surface area (Å²) >= 11 is 2.13. The third kappa shape index (κ3) is 3.06. The van der Waals surface area contributed by atoms with Gasteiger partial charge in [0, 0.05) is 21.2 Å². The van der Waals surface area contributed by atoms with E-state index in [-0.39, 0.29) is 11.9 Å².